The molecule has 0 aliphatic carbocycles. The second kappa shape index (κ2) is 10.1. The first-order chi connectivity index (χ1) is 14.9. The monoisotopic (exact) mass is 425 g/mol. The predicted molar refractivity (Wildman–Crippen MR) is 116 cm³/mol. The summed E-state index contributed by atoms with van der Waals surface area (Å²) < 4.78 is 10.9. The number of hydrogen-bond acceptors (Lipinski definition) is 5. The lowest BCUT2D eigenvalue weighted by Crippen LogP contribution is -2.41. The number of carboxylic acid groups (broad SMARTS) is 1. The summed E-state index contributed by atoms with van der Waals surface area (Å²) in [6.07, 6.45) is 0.618. The summed E-state index contributed by atoms with van der Waals surface area (Å²) in [5, 5.41) is 16.5. The molecular formula is C23H27N3O5. The van der Waals surface area contributed by atoms with Crippen LogP contribution < -0.4 is 10.5 Å². The van der Waals surface area contributed by atoms with Gasteiger partial charge in [-0.2, -0.15) is 0 Å². The van der Waals surface area contributed by atoms with E-state index in [0.29, 0.717) is 24.3 Å². The number of hydrogen-bond donors (Lipinski definition) is 3. The van der Waals surface area contributed by atoms with Gasteiger partial charge in [-0.05, 0) is 35.6 Å². The topological polar surface area (TPSA) is 126 Å². The minimum Gasteiger partial charge on any atom is -0.491 e. The van der Waals surface area contributed by atoms with Crippen molar-refractivity contribution < 1.29 is 24.2 Å². The molecule has 164 valence electrons. The lowest BCUT2D eigenvalue weighted by atomic mass is 10.0. The van der Waals surface area contributed by atoms with Crippen molar-refractivity contribution in [1.82, 2.24) is 4.90 Å². The molecule has 1 heterocycles. The number of nitrogens with one attached hydrogen (secondary N) is 1. The van der Waals surface area contributed by atoms with Crippen molar-refractivity contribution in [3.8, 4) is 16.9 Å². The summed E-state index contributed by atoms with van der Waals surface area (Å²) in [5.74, 6) is -0.408. The first kappa shape index (κ1) is 22.3. The van der Waals surface area contributed by atoms with Gasteiger partial charge in [-0.1, -0.05) is 36.4 Å². The SMILES string of the molecule is COCC(=O)N1C[C@H](CC(=O)O)C[C@H]1COc1ccc(-c2ccc(C(=N)N)cc2)cc1. The highest BCUT2D eigenvalue weighted by Gasteiger charge is 2.36. The Morgan fingerprint density at radius 2 is 1.74 bits per heavy atom. The summed E-state index contributed by atoms with van der Waals surface area (Å²) in [6, 6.07) is 14.8. The Morgan fingerprint density at radius 3 is 2.29 bits per heavy atom. The average molecular weight is 425 g/mol. The number of amides is 1. The maximum Gasteiger partial charge on any atom is 0.303 e. The number of likely N-dealkylation sites (tertiary alicyclic amines) is 1. The second-order valence-corrected chi connectivity index (χ2v) is 7.66. The largest absolute Gasteiger partial charge is 0.491 e. The van der Waals surface area contributed by atoms with E-state index >= 15 is 0 Å². The van der Waals surface area contributed by atoms with Crippen molar-refractivity contribution in [2.45, 2.75) is 18.9 Å². The van der Waals surface area contributed by atoms with Crippen LogP contribution in [0.15, 0.2) is 48.5 Å². The molecular weight excluding hydrogens is 398 g/mol. The zero-order chi connectivity index (χ0) is 22.4. The van der Waals surface area contributed by atoms with Gasteiger partial charge in [-0.25, -0.2) is 0 Å². The minimum absolute atomic E-state index is 0.0321. The fourth-order valence-electron chi connectivity index (χ4n) is 3.86. The lowest BCUT2D eigenvalue weighted by Gasteiger charge is -2.24. The molecule has 1 amide bonds. The molecule has 1 aliphatic rings. The van der Waals surface area contributed by atoms with E-state index in [1.165, 1.54) is 7.11 Å². The Morgan fingerprint density at radius 1 is 1.13 bits per heavy atom. The quantitative estimate of drug-likeness (QED) is 0.418. The van der Waals surface area contributed by atoms with E-state index in [-0.39, 0.29) is 43.3 Å². The molecule has 0 radical (unpaired) electrons. The van der Waals surface area contributed by atoms with Crippen molar-refractivity contribution in [3.05, 3.63) is 54.1 Å². The van der Waals surface area contributed by atoms with E-state index in [1.807, 2.05) is 36.4 Å². The molecule has 1 aliphatic heterocycles. The van der Waals surface area contributed by atoms with E-state index in [9.17, 15) is 9.59 Å². The van der Waals surface area contributed by atoms with Crippen molar-refractivity contribution in [3.63, 3.8) is 0 Å². The molecule has 8 heteroatoms. The van der Waals surface area contributed by atoms with Gasteiger partial charge >= 0.3 is 5.97 Å². The molecule has 0 spiro atoms. The van der Waals surface area contributed by atoms with Gasteiger partial charge in [0.05, 0.1) is 6.04 Å². The van der Waals surface area contributed by atoms with Gasteiger partial charge in [0.2, 0.25) is 5.91 Å². The highest BCUT2D eigenvalue weighted by atomic mass is 16.5. The molecule has 31 heavy (non-hydrogen) atoms. The number of nitrogens with zero attached hydrogens (tertiary/aromatic N) is 1. The molecule has 4 N–H and O–H groups in total. The summed E-state index contributed by atoms with van der Waals surface area (Å²) in [7, 11) is 1.46. The Hall–Kier alpha value is -3.39. The first-order valence-corrected chi connectivity index (χ1v) is 10.0. The number of nitrogens with two attached hydrogens (primary N) is 1. The standard InChI is InChI=1S/C23H27N3O5/c1-30-14-21(27)26-12-15(11-22(28)29)10-19(26)13-31-20-8-6-17(7-9-20)16-2-4-18(5-3-16)23(24)25/h2-9,15,19H,10-14H2,1H3,(H3,24,25)(H,28,29)/t15-,19-/m0/s1. The Labute approximate surface area is 181 Å². The van der Waals surface area contributed by atoms with Gasteiger partial charge in [-0.15, -0.1) is 0 Å². The molecule has 0 unspecified atom stereocenters. The molecule has 0 aromatic heterocycles. The van der Waals surface area contributed by atoms with Gasteiger partial charge in [0, 0.05) is 25.6 Å². The fraction of sp³-hybridized carbons (Fsp3) is 0.348. The van der Waals surface area contributed by atoms with E-state index < -0.39 is 5.97 Å². The number of ether oxygens (including phenoxy) is 2. The van der Waals surface area contributed by atoms with Gasteiger partial charge in [0.25, 0.3) is 0 Å². The van der Waals surface area contributed by atoms with Crippen LogP contribution in [-0.2, 0) is 14.3 Å². The lowest BCUT2D eigenvalue weighted by molar-refractivity contribution is -0.139. The van der Waals surface area contributed by atoms with E-state index in [4.69, 9.17) is 25.7 Å². The number of benzene rings is 2. The Bertz CT molecular complexity index is 927. The maximum atomic E-state index is 12.3. The number of carbonyl (C=O) groups is 2. The number of carbonyl (C=O) groups excluding carboxylic acids is 1. The Kier molecular flexibility index (Phi) is 7.25. The van der Waals surface area contributed by atoms with Crippen molar-refractivity contribution >= 4 is 17.7 Å². The van der Waals surface area contributed by atoms with Crippen molar-refractivity contribution in [2.24, 2.45) is 11.7 Å². The van der Waals surface area contributed by atoms with Crippen LogP contribution in [-0.4, -0.2) is 60.6 Å². The van der Waals surface area contributed by atoms with Gasteiger partial charge in [0.15, 0.2) is 0 Å². The number of carboxylic acids is 1. The van der Waals surface area contributed by atoms with Crippen LogP contribution >= 0.6 is 0 Å². The fourth-order valence-corrected chi connectivity index (χ4v) is 3.86. The smallest absolute Gasteiger partial charge is 0.303 e. The number of nitrogen functional groups attached to an aromatic ring is 1. The van der Waals surface area contributed by atoms with E-state index in [2.05, 4.69) is 0 Å². The third-order valence-electron chi connectivity index (χ3n) is 5.38. The van der Waals surface area contributed by atoms with Crippen LogP contribution in [0.4, 0.5) is 0 Å². The number of amidine groups is 1. The van der Waals surface area contributed by atoms with Crippen LogP contribution in [0.1, 0.15) is 18.4 Å². The Balaban J connectivity index is 1.62. The van der Waals surface area contributed by atoms with Gasteiger partial charge in [0.1, 0.15) is 24.8 Å². The number of rotatable bonds is 9. The zero-order valence-electron chi connectivity index (χ0n) is 17.4. The third-order valence-corrected chi connectivity index (χ3v) is 5.38. The van der Waals surface area contributed by atoms with E-state index in [0.717, 1.165) is 11.1 Å². The molecule has 2 aromatic carbocycles. The molecule has 1 fully saturated rings. The molecule has 0 saturated carbocycles. The van der Waals surface area contributed by atoms with Crippen LogP contribution in [0, 0.1) is 11.3 Å². The average Bonchev–Trinajstić information content (AvgIpc) is 3.15. The molecule has 1 saturated heterocycles. The highest BCUT2D eigenvalue weighted by molar-refractivity contribution is 5.95. The third kappa shape index (κ3) is 5.82. The van der Waals surface area contributed by atoms with Gasteiger partial charge in [-0.3, -0.25) is 15.0 Å². The predicted octanol–water partition coefficient (Wildman–Crippen LogP) is 2.35. The summed E-state index contributed by atoms with van der Waals surface area (Å²) in [5.41, 5.74) is 8.17. The molecule has 2 atom stereocenters. The van der Waals surface area contributed by atoms with E-state index in [1.54, 1.807) is 17.0 Å². The summed E-state index contributed by atoms with van der Waals surface area (Å²) >= 11 is 0. The molecule has 3 rings (SSSR count). The second-order valence-electron chi connectivity index (χ2n) is 7.66. The van der Waals surface area contributed by atoms with Crippen molar-refractivity contribution in [2.75, 3.05) is 26.9 Å². The maximum absolute atomic E-state index is 12.3. The molecule has 2 aromatic rings. The first-order valence-electron chi connectivity index (χ1n) is 10.0. The van der Waals surface area contributed by atoms with Gasteiger partial charge < -0.3 is 25.2 Å². The summed E-state index contributed by atoms with van der Waals surface area (Å²) in [6.45, 7) is 0.656. The number of methoxy groups -OCH3 is 1. The van der Waals surface area contributed by atoms with Crippen molar-refractivity contribution in [1.29, 1.82) is 5.41 Å². The summed E-state index contributed by atoms with van der Waals surface area (Å²) in [4.78, 5) is 25.1. The molecule has 0 bridgehead atoms. The minimum atomic E-state index is -0.863. The molecule has 8 nitrogen and oxygen atoms in total. The highest BCUT2D eigenvalue weighted by Crippen LogP contribution is 2.28. The van der Waals surface area contributed by atoms with Crippen LogP contribution in [0.2, 0.25) is 0 Å². The zero-order valence-corrected chi connectivity index (χ0v) is 17.4. The normalized spacial score (nSPS) is 18.0. The van der Waals surface area contributed by atoms with Crippen LogP contribution in [0.25, 0.3) is 11.1 Å². The van der Waals surface area contributed by atoms with Crippen LogP contribution in [0.5, 0.6) is 5.75 Å². The van der Waals surface area contributed by atoms with Crippen LogP contribution in [0.3, 0.4) is 0 Å². The number of aliphatic carboxylic acids is 1.